The van der Waals surface area contributed by atoms with E-state index in [9.17, 15) is 14.0 Å². The fourth-order valence-corrected chi connectivity index (χ4v) is 1.07. The largest absolute Gasteiger partial charge is 0.494 e. The van der Waals surface area contributed by atoms with Crippen molar-refractivity contribution in [2.24, 2.45) is 0 Å². The van der Waals surface area contributed by atoms with Crippen LogP contribution in [0.25, 0.3) is 0 Å². The van der Waals surface area contributed by atoms with Gasteiger partial charge in [-0.1, -0.05) is 0 Å². The van der Waals surface area contributed by atoms with Gasteiger partial charge in [-0.3, -0.25) is 4.79 Å². The minimum atomic E-state index is -1.23. The molecule has 0 unspecified atom stereocenters. The first-order valence-corrected chi connectivity index (χ1v) is 4.58. The maximum atomic E-state index is 13.0. The molecule has 0 aliphatic heterocycles. The van der Waals surface area contributed by atoms with Crippen molar-refractivity contribution >= 4 is 17.6 Å². The number of ether oxygens (including phenoxy) is 1. The highest BCUT2D eigenvalue weighted by Gasteiger charge is 2.05. The molecule has 0 saturated carbocycles. The lowest BCUT2D eigenvalue weighted by Gasteiger charge is -2.05. The summed E-state index contributed by atoms with van der Waals surface area (Å²) in [6, 6.07) is 3.77. The summed E-state index contributed by atoms with van der Waals surface area (Å²) in [5.74, 6) is -2.41. The molecule has 0 fully saturated rings. The van der Waals surface area contributed by atoms with Crippen LogP contribution in [0.4, 0.5) is 10.1 Å². The van der Waals surface area contributed by atoms with E-state index in [0.29, 0.717) is 11.8 Å². The van der Waals surface area contributed by atoms with Crippen LogP contribution in [0, 0.1) is 5.82 Å². The maximum absolute atomic E-state index is 13.0. The Morgan fingerprint density at radius 2 is 2.12 bits per heavy atom. The first-order chi connectivity index (χ1) is 8.02. The Morgan fingerprint density at radius 1 is 1.41 bits per heavy atom. The second kappa shape index (κ2) is 5.64. The van der Waals surface area contributed by atoms with E-state index in [1.165, 1.54) is 19.2 Å². The number of amides is 1. The molecule has 0 atom stereocenters. The van der Waals surface area contributed by atoms with Crippen LogP contribution in [0.2, 0.25) is 0 Å². The van der Waals surface area contributed by atoms with Crippen LogP contribution in [0.15, 0.2) is 30.4 Å². The van der Waals surface area contributed by atoms with Crippen LogP contribution in [0.1, 0.15) is 0 Å². The number of anilines is 1. The average molecular weight is 239 g/mol. The molecule has 5 nitrogen and oxygen atoms in total. The van der Waals surface area contributed by atoms with Crippen molar-refractivity contribution in [1.29, 1.82) is 0 Å². The third-order valence-corrected chi connectivity index (χ3v) is 1.80. The molecule has 0 aromatic heterocycles. The van der Waals surface area contributed by atoms with Gasteiger partial charge < -0.3 is 15.2 Å². The second-order valence-corrected chi connectivity index (χ2v) is 3.01. The summed E-state index contributed by atoms with van der Waals surface area (Å²) >= 11 is 0. The molecule has 0 aliphatic carbocycles. The third kappa shape index (κ3) is 3.94. The van der Waals surface area contributed by atoms with E-state index in [4.69, 9.17) is 9.84 Å². The number of hydrogen-bond donors (Lipinski definition) is 2. The standard InChI is InChI=1S/C11H10FNO4/c1-17-9-6-7(2-3-8(9)12)13-10(14)4-5-11(15)16/h2-6H,1H3,(H,13,14)(H,15,16)/b5-4+. The molecule has 0 aliphatic rings. The molecule has 0 saturated heterocycles. The molecule has 1 aromatic rings. The van der Waals surface area contributed by atoms with Crippen LogP contribution in [0.3, 0.4) is 0 Å². The molecule has 17 heavy (non-hydrogen) atoms. The Kier molecular flexibility index (Phi) is 4.21. The molecular formula is C11H10FNO4. The van der Waals surface area contributed by atoms with Gasteiger partial charge in [0, 0.05) is 23.9 Å². The summed E-state index contributed by atoms with van der Waals surface area (Å²) in [7, 11) is 1.30. The van der Waals surface area contributed by atoms with Gasteiger partial charge >= 0.3 is 5.97 Å². The molecule has 1 amide bonds. The Morgan fingerprint density at radius 3 is 2.71 bits per heavy atom. The highest BCUT2D eigenvalue weighted by Crippen LogP contribution is 2.21. The fourth-order valence-electron chi connectivity index (χ4n) is 1.07. The number of benzene rings is 1. The molecular weight excluding hydrogens is 229 g/mol. The quantitative estimate of drug-likeness (QED) is 0.779. The predicted molar refractivity (Wildman–Crippen MR) is 58.4 cm³/mol. The number of nitrogens with one attached hydrogen (secondary N) is 1. The first kappa shape index (κ1) is 12.7. The summed E-state index contributed by atoms with van der Waals surface area (Å²) < 4.78 is 17.8. The molecule has 1 aromatic carbocycles. The molecule has 0 heterocycles. The van der Waals surface area contributed by atoms with Crippen molar-refractivity contribution in [2.75, 3.05) is 12.4 Å². The molecule has 0 spiro atoms. The Balaban J connectivity index is 2.75. The van der Waals surface area contributed by atoms with Crippen LogP contribution >= 0.6 is 0 Å². The van der Waals surface area contributed by atoms with E-state index in [2.05, 4.69) is 5.32 Å². The van der Waals surface area contributed by atoms with Crippen LogP contribution in [-0.2, 0) is 9.59 Å². The van der Waals surface area contributed by atoms with Crippen LogP contribution in [-0.4, -0.2) is 24.1 Å². The first-order valence-electron chi connectivity index (χ1n) is 4.58. The summed E-state index contributed by atoms with van der Waals surface area (Å²) in [6.45, 7) is 0. The van der Waals surface area contributed by atoms with Crippen LogP contribution in [0.5, 0.6) is 5.75 Å². The molecule has 0 radical (unpaired) electrons. The van der Waals surface area contributed by atoms with Gasteiger partial charge in [-0.25, -0.2) is 9.18 Å². The zero-order valence-electron chi connectivity index (χ0n) is 8.94. The lowest BCUT2D eigenvalue weighted by molar-refractivity contribution is -0.131. The Bertz CT molecular complexity index is 471. The zero-order chi connectivity index (χ0) is 12.8. The van der Waals surface area contributed by atoms with Gasteiger partial charge in [-0.15, -0.1) is 0 Å². The monoisotopic (exact) mass is 239 g/mol. The number of hydrogen-bond acceptors (Lipinski definition) is 3. The highest BCUT2D eigenvalue weighted by molar-refractivity contribution is 6.02. The molecule has 90 valence electrons. The van der Waals surface area contributed by atoms with Gasteiger partial charge in [0.25, 0.3) is 0 Å². The van der Waals surface area contributed by atoms with Gasteiger partial charge in [-0.2, -0.15) is 0 Å². The van der Waals surface area contributed by atoms with Crippen molar-refractivity contribution in [2.45, 2.75) is 0 Å². The average Bonchev–Trinajstić information content (AvgIpc) is 2.29. The van der Waals surface area contributed by atoms with Crippen molar-refractivity contribution in [3.05, 3.63) is 36.2 Å². The lowest BCUT2D eigenvalue weighted by Crippen LogP contribution is -2.08. The van der Waals surface area contributed by atoms with Gasteiger partial charge in [0.15, 0.2) is 11.6 Å². The number of rotatable bonds is 4. The van der Waals surface area contributed by atoms with E-state index in [-0.39, 0.29) is 5.75 Å². The van der Waals surface area contributed by atoms with Crippen molar-refractivity contribution in [3.63, 3.8) is 0 Å². The van der Waals surface area contributed by atoms with Crippen molar-refractivity contribution < 1.29 is 23.8 Å². The van der Waals surface area contributed by atoms with Crippen molar-refractivity contribution in [3.8, 4) is 5.75 Å². The normalized spacial score (nSPS) is 10.2. The summed E-state index contributed by atoms with van der Waals surface area (Å²) in [4.78, 5) is 21.4. The van der Waals surface area contributed by atoms with E-state index >= 15 is 0 Å². The Labute approximate surface area is 96.5 Å². The van der Waals surface area contributed by atoms with E-state index in [1.54, 1.807) is 0 Å². The van der Waals surface area contributed by atoms with E-state index in [0.717, 1.165) is 12.1 Å². The van der Waals surface area contributed by atoms with Gasteiger partial charge in [-0.05, 0) is 12.1 Å². The van der Waals surface area contributed by atoms with Crippen molar-refractivity contribution in [1.82, 2.24) is 0 Å². The number of halogens is 1. The number of aliphatic carboxylic acids is 1. The minimum Gasteiger partial charge on any atom is -0.494 e. The molecule has 1 rings (SSSR count). The lowest BCUT2D eigenvalue weighted by atomic mass is 10.3. The van der Waals surface area contributed by atoms with Gasteiger partial charge in [0.05, 0.1) is 7.11 Å². The number of carbonyl (C=O) groups excluding carboxylic acids is 1. The third-order valence-electron chi connectivity index (χ3n) is 1.80. The number of carboxylic acid groups (broad SMARTS) is 1. The zero-order valence-corrected chi connectivity index (χ0v) is 8.94. The van der Waals surface area contributed by atoms with Gasteiger partial charge in [0.1, 0.15) is 0 Å². The summed E-state index contributed by atoms with van der Waals surface area (Å²) in [6.07, 6.45) is 1.56. The number of carbonyl (C=O) groups is 2. The predicted octanol–water partition coefficient (Wildman–Crippen LogP) is 1.41. The highest BCUT2D eigenvalue weighted by atomic mass is 19.1. The SMILES string of the molecule is COc1cc(NC(=O)/C=C/C(=O)O)ccc1F. The summed E-state index contributed by atoms with van der Waals surface area (Å²) in [5, 5.41) is 10.7. The second-order valence-electron chi connectivity index (χ2n) is 3.01. The fraction of sp³-hybridized carbons (Fsp3) is 0.0909. The van der Waals surface area contributed by atoms with E-state index in [1.807, 2.05) is 0 Å². The topological polar surface area (TPSA) is 75.6 Å². The maximum Gasteiger partial charge on any atom is 0.328 e. The van der Waals surface area contributed by atoms with Crippen LogP contribution < -0.4 is 10.1 Å². The van der Waals surface area contributed by atoms with E-state index < -0.39 is 17.7 Å². The minimum absolute atomic E-state index is 0.00925. The molecule has 0 bridgehead atoms. The van der Waals surface area contributed by atoms with Gasteiger partial charge in [0.2, 0.25) is 5.91 Å². The smallest absolute Gasteiger partial charge is 0.328 e. The molecule has 2 N–H and O–H groups in total. The summed E-state index contributed by atoms with van der Waals surface area (Å²) in [5.41, 5.74) is 0.309. The molecule has 6 heteroatoms. The number of carboxylic acids is 1. The number of methoxy groups -OCH3 is 1. The Hall–Kier alpha value is -2.37.